The average molecular weight is 1210 g/mol. The van der Waals surface area contributed by atoms with E-state index >= 15 is 0 Å². The van der Waals surface area contributed by atoms with Crippen molar-refractivity contribution in [3.8, 4) is 44.5 Å². The van der Waals surface area contributed by atoms with E-state index in [0.717, 1.165) is 101 Å². The normalized spacial score (nSPS) is 11.9. The summed E-state index contributed by atoms with van der Waals surface area (Å²) in [4.78, 5) is 7.25. The Hall–Kier alpha value is -10.2. The number of thiophene rings is 1. The van der Waals surface area contributed by atoms with Gasteiger partial charge in [-0.05, 0) is 178 Å². The highest BCUT2D eigenvalue weighted by Crippen LogP contribution is 2.56. The molecule has 5 heteroatoms. The minimum atomic E-state index is -0.183. The molecule has 0 fully saturated rings. The van der Waals surface area contributed by atoms with Gasteiger partial charge < -0.3 is 14.7 Å². The molecule has 0 bridgehead atoms. The Bertz CT molecular complexity index is 5090. The van der Waals surface area contributed by atoms with E-state index in [1.54, 1.807) is 11.3 Å². The van der Waals surface area contributed by atoms with E-state index in [2.05, 4.69) is 359 Å². The molecule has 0 aliphatic heterocycles. The highest BCUT2D eigenvalue weighted by Gasteiger charge is 2.31. The van der Waals surface area contributed by atoms with Crippen LogP contribution >= 0.6 is 22.9 Å². The van der Waals surface area contributed by atoms with Gasteiger partial charge in [0.2, 0.25) is 0 Å². The van der Waals surface area contributed by atoms with Gasteiger partial charge in [0.1, 0.15) is 0 Å². The van der Waals surface area contributed by atoms with E-state index in [9.17, 15) is 0 Å². The van der Waals surface area contributed by atoms with Gasteiger partial charge in [-0.3, -0.25) is 0 Å². The molecule has 91 heavy (non-hydrogen) atoms. The summed E-state index contributed by atoms with van der Waals surface area (Å²) < 4.78 is 1.17. The molecule has 0 atom stereocenters. The first-order chi connectivity index (χ1) is 44.3. The largest absolute Gasteiger partial charge is 0.310 e. The summed E-state index contributed by atoms with van der Waals surface area (Å²) in [6, 6.07) is 109. The summed E-state index contributed by atoms with van der Waals surface area (Å²) in [5, 5.41) is 11.5. The Kier molecular flexibility index (Phi) is 14.6. The Morgan fingerprint density at radius 3 is 1.45 bits per heavy atom. The fourth-order valence-electron chi connectivity index (χ4n) is 13.4. The van der Waals surface area contributed by atoms with Crippen molar-refractivity contribution in [2.24, 2.45) is 0 Å². The predicted octanol–water partition coefficient (Wildman–Crippen LogP) is 26.1. The van der Waals surface area contributed by atoms with Crippen molar-refractivity contribution < 1.29 is 0 Å². The Balaban J connectivity index is 1.07. The number of halogens is 1. The van der Waals surface area contributed by atoms with Gasteiger partial charge in [0.15, 0.2) is 0 Å². The van der Waals surface area contributed by atoms with Gasteiger partial charge in [-0.1, -0.05) is 265 Å². The van der Waals surface area contributed by atoms with Crippen LogP contribution in [0.15, 0.2) is 303 Å². The number of nitrogens with zero attached hydrogens (tertiary/aromatic N) is 3. The van der Waals surface area contributed by atoms with Gasteiger partial charge >= 0.3 is 0 Å². The lowest BCUT2D eigenvalue weighted by Gasteiger charge is -2.35. The van der Waals surface area contributed by atoms with Crippen molar-refractivity contribution in [1.82, 2.24) is 0 Å². The Morgan fingerprint density at radius 2 is 0.802 bits per heavy atom. The van der Waals surface area contributed by atoms with Gasteiger partial charge in [-0.15, -0.1) is 11.3 Å². The molecule has 0 radical (unpaired) electrons. The molecular formula is C86H68ClN3S. The topological polar surface area (TPSA) is 9.72 Å². The van der Waals surface area contributed by atoms with Crippen LogP contribution in [-0.4, -0.2) is 0 Å². The van der Waals surface area contributed by atoms with Gasteiger partial charge in [-0.2, -0.15) is 0 Å². The fraction of sp³-hybridized carbons (Fsp3) is 0.0930. The summed E-state index contributed by atoms with van der Waals surface area (Å²) in [6.07, 6.45) is 0. The first kappa shape index (κ1) is 57.2. The van der Waals surface area contributed by atoms with E-state index in [4.69, 9.17) is 11.6 Å². The zero-order valence-corrected chi connectivity index (χ0v) is 53.6. The maximum atomic E-state index is 8.78. The van der Waals surface area contributed by atoms with Crippen LogP contribution < -0.4 is 14.7 Å². The van der Waals surface area contributed by atoms with Crippen molar-refractivity contribution in [1.29, 1.82) is 0 Å². The zero-order valence-electron chi connectivity index (χ0n) is 52.0. The molecule has 1 aromatic heterocycles. The van der Waals surface area contributed by atoms with Gasteiger partial charge in [0.25, 0.3) is 0 Å². The molecule has 440 valence electrons. The highest BCUT2D eigenvalue weighted by molar-refractivity contribution is 7.17. The van der Waals surface area contributed by atoms with Crippen molar-refractivity contribution in [2.75, 3.05) is 14.7 Å². The van der Waals surface area contributed by atoms with Gasteiger partial charge in [0, 0.05) is 43.8 Å². The molecule has 0 saturated carbocycles. The lowest BCUT2D eigenvalue weighted by Crippen LogP contribution is -2.18. The average Bonchev–Trinajstić information content (AvgIpc) is 1.42. The van der Waals surface area contributed by atoms with Crippen LogP contribution in [-0.2, 0) is 10.8 Å². The maximum Gasteiger partial charge on any atom is 0.0888 e. The standard InChI is InChI=1S/C86H68ClN3S/c1-85(2,3)64-42-45-68(46-43-64)89(69-34-22-29-63(51-69)72-36-20-19-35-71(72)58-25-13-8-14-26-58)78-54-70(88(66-30-15-9-16-31-66)67-32-17-10-18-33-67)55-79(84(78)87)90(80-56-91-81-50-41-62(52-76(80)81)57-23-11-7-12-24-57)77-49-44-65(86(4,5)6)53-75(77)73-47-39-61-38-37-59-27-21-28-60-40-48-74(73)83(61)82(59)60/h7-56H,1-6H3. The number of rotatable bonds is 13. The molecule has 0 aliphatic rings. The third kappa shape index (κ3) is 10.7. The maximum absolute atomic E-state index is 8.78. The molecule has 0 amide bonds. The molecule has 0 N–H and O–H groups in total. The number of hydrogen-bond acceptors (Lipinski definition) is 4. The second kappa shape index (κ2) is 23.3. The van der Waals surface area contributed by atoms with Crippen LogP contribution in [0, 0.1) is 0 Å². The van der Waals surface area contributed by atoms with E-state index in [-0.39, 0.29) is 10.8 Å². The molecular weight excluding hydrogens is 1140 g/mol. The summed E-state index contributed by atoms with van der Waals surface area (Å²) in [5.41, 5.74) is 19.9. The van der Waals surface area contributed by atoms with Crippen LogP contribution in [0.2, 0.25) is 5.02 Å². The van der Waals surface area contributed by atoms with E-state index in [1.807, 2.05) is 0 Å². The highest BCUT2D eigenvalue weighted by atomic mass is 35.5. The fourth-order valence-corrected chi connectivity index (χ4v) is 14.5. The van der Waals surface area contributed by atoms with E-state index in [0.29, 0.717) is 5.02 Å². The van der Waals surface area contributed by atoms with Crippen molar-refractivity contribution >= 4 is 117 Å². The summed E-state index contributed by atoms with van der Waals surface area (Å²) >= 11 is 10.5. The monoisotopic (exact) mass is 1210 g/mol. The quantitative estimate of drug-likeness (QED) is 0.107. The third-order valence-electron chi connectivity index (χ3n) is 18.0. The molecule has 0 unspecified atom stereocenters. The van der Waals surface area contributed by atoms with Crippen molar-refractivity contribution in [3.05, 3.63) is 319 Å². The Morgan fingerprint density at radius 1 is 0.286 bits per heavy atom. The minimum absolute atomic E-state index is 0.0832. The van der Waals surface area contributed by atoms with Crippen LogP contribution in [0.4, 0.5) is 51.2 Å². The molecule has 0 aliphatic carbocycles. The first-order valence-corrected chi connectivity index (χ1v) is 32.7. The van der Waals surface area contributed by atoms with E-state index < -0.39 is 0 Å². The van der Waals surface area contributed by atoms with Crippen molar-refractivity contribution in [3.63, 3.8) is 0 Å². The summed E-state index contributed by atoms with van der Waals surface area (Å²) in [5.74, 6) is 0. The summed E-state index contributed by atoms with van der Waals surface area (Å²) in [6.45, 7) is 13.8. The number of benzene rings is 14. The molecule has 15 aromatic rings. The molecule has 15 rings (SSSR count). The third-order valence-corrected chi connectivity index (χ3v) is 19.4. The second-order valence-corrected chi connectivity index (χ2v) is 27.2. The SMILES string of the molecule is CC(C)(C)c1ccc(N(c2cccc(-c3ccccc3-c3ccccc3)c2)c2cc(N(c3ccccc3)c3ccccc3)cc(N(c3ccc(C(C)(C)C)cc3-c3ccc4ccc5cccc6ccc3c4c56)c3csc4ccc(-c5ccccc5)cc34)c2Cl)cc1. The summed E-state index contributed by atoms with van der Waals surface area (Å²) in [7, 11) is 0. The molecule has 0 saturated heterocycles. The minimum Gasteiger partial charge on any atom is -0.310 e. The van der Waals surface area contributed by atoms with Crippen LogP contribution in [0.1, 0.15) is 52.7 Å². The zero-order chi connectivity index (χ0) is 62.0. The lowest BCUT2D eigenvalue weighted by atomic mass is 9.83. The number of hydrogen-bond donors (Lipinski definition) is 0. The predicted molar refractivity (Wildman–Crippen MR) is 394 cm³/mol. The van der Waals surface area contributed by atoms with Crippen molar-refractivity contribution in [2.45, 2.75) is 52.4 Å². The Labute approximate surface area is 543 Å². The van der Waals surface area contributed by atoms with Crippen LogP contribution in [0.3, 0.4) is 0 Å². The van der Waals surface area contributed by atoms with Crippen LogP contribution in [0.25, 0.3) is 86.9 Å². The van der Waals surface area contributed by atoms with Gasteiger partial charge in [0.05, 0.1) is 33.5 Å². The first-order valence-electron chi connectivity index (χ1n) is 31.4. The van der Waals surface area contributed by atoms with Gasteiger partial charge in [-0.25, -0.2) is 0 Å². The molecule has 1 heterocycles. The smallest absolute Gasteiger partial charge is 0.0888 e. The molecule has 14 aromatic carbocycles. The number of fused-ring (bicyclic) bond motifs is 1. The molecule has 3 nitrogen and oxygen atoms in total. The number of anilines is 9. The lowest BCUT2D eigenvalue weighted by molar-refractivity contribution is 0.590. The number of para-hydroxylation sites is 2. The van der Waals surface area contributed by atoms with E-state index in [1.165, 1.54) is 48.1 Å². The van der Waals surface area contributed by atoms with Crippen LogP contribution in [0.5, 0.6) is 0 Å². The molecule has 0 spiro atoms. The second-order valence-electron chi connectivity index (χ2n) is 25.9.